The number of anilines is 1. The van der Waals surface area contributed by atoms with Crippen LogP contribution >= 0.6 is 12.2 Å². The quantitative estimate of drug-likeness (QED) is 0.832. The maximum atomic E-state index is 12.7. The molecule has 0 aliphatic heterocycles. The van der Waals surface area contributed by atoms with Crippen LogP contribution in [0.3, 0.4) is 0 Å². The molecule has 116 valence electrons. The summed E-state index contributed by atoms with van der Waals surface area (Å²) in [6.45, 7) is 1.90. The maximum Gasteiger partial charge on any atom is 0.416 e. The van der Waals surface area contributed by atoms with Crippen molar-refractivity contribution >= 4 is 23.0 Å². The Labute approximate surface area is 131 Å². The van der Waals surface area contributed by atoms with Crippen molar-refractivity contribution in [2.75, 3.05) is 5.32 Å². The van der Waals surface area contributed by atoms with E-state index in [0.717, 1.165) is 17.7 Å². The van der Waals surface area contributed by atoms with Gasteiger partial charge in [-0.2, -0.15) is 13.2 Å². The first-order valence-electron chi connectivity index (χ1n) is 6.51. The van der Waals surface area contributed by atoms with Gasteiger partial charge in [-0.05, 0) is 55.0 Å². The van der Waals surface area contributed by atoms with E-state index in [4.69, 9.17) is 12.2 Å². The Morgan fingerprint density at radius 1 is 1.18 bits per heavy atom. The highest BCUT2D eigenvalue weighted by atomic mass is 32.1. The van der Waals surface area contributed by atoms with Gasteiger partial charge >= 0.3 is 6.18 Å². The molecular formula is C15H14F3N3S. The highest BCUT2D eigenvalue weighted by molar-refractivity contribution is 7.80. The molecule has 0 saturated carbocycles. The van der Waals surface area contributed by atoms with Gasteiger partial charge in [-0.1, -0.05) is 6.07 Å². The molecule has 1 atom stereocenters. The molecule has 0 aliphatic carbocycles. The minimum Gasteiger partial charge on any atom is -0.356 e. The number of hydrogen-bond donors (Lipinski definition) is 2. The Hall–Kier alpha value is -2.15. The zero-order chi connectivity index (χ0) is 16.2. The zero-order valence-electron chi connectivity index (χ0n) is 11.7. The molecule has 0 amide bonds. The van der Waals surface area contributed by atoms with Crippen molar-refractivity contribution < 1.29 is 13.2 Å². The summed E-state index contributed by atoms with van der Waals surface area (Å²) in [4.78, 5) is 3.92. The third kappa shape index (κ3) is 4.42. The number of benzene rings is 1. The van der Waals surface area contributed by atoms with E-state index >= 15 is 0 Å². The standard InChI is InChI=1S/C15H14F3N3S/c1-10(11-5-7-19-8-6-11)20-14(22)21-13-4-2-3-12(9-13)15(16,17)18/h2-10H,1H3,(H2,20,21,22). The molecule has 0 radical (unpaired) electrons. The largest absolute Gasteiger partial charge is 0.416 e. The van der Waals surface area contributed by atoms with Crippen LogP contribution in [0.5, 0.6) is 0 Å². The Kier molecular flexibility index (Phi) is 4.97. The number of alkyl halides is 3. The second-order valence-corrected chi connectivity index (χ2v) is 5.09. The number of aromatic nitrogens is 1. The van der Waals surface area contributed by atoms with Crippen molar-refractivity contribution in [2.45, 2.75) is 19.1 Å². The Morgan fingerprint density at radius 2 is 1.86 bits per heavy atom. The second-order valence-electron chi connectivity index (χ2n) is 4.68. The lowest BCUT2D eigenvalue weighted by Gasteiger charge is -2.17. The molecule has 0 saturated heterocycles. The van der Waals surface area contributed by atoms with Gasteiger partial charge < -0.3 is 10.6 Å². The Balaban J connectivity index is 2.01. The number of pyridine rings is 1. The van der Waals surface area contributed by atoms with E-state index in [9.17, 15) is 13.2 Å². The van der Waals surface area contributed by atoms with Gasteiger partial charge in [-0.25, -0.2) is 0 Å². The van der Waals surface area contributed by atoms with Gasteiger partial charge in [0.25, 0.3) is 0 Å². The molecule has 0 bridgehead atoms. The molecule has 3 nitrogen and oxygen atoms in total. The second kappa shape index (κ2) is 6.74. The van der Waals surface area contributed by atoms with Crippen LogP contribution in [0.4, 0.5) is 18.9 Å². The lowest BCUT2D eigenvalue weighted by Crippen LogP contribution is -2.31. The van der Waals surface area contributed by atoms with Crippen LogP contribution in [0.2, 0.25) is 0 Å². The minimum absolute atomic E-state index is 0.0891. The predicted octanol–water partition coefficient (Wildman–Crippen LogP) is 4.15. The fraction of sp³-hybridized carbons (Fsp3) is 0.200. The molecule has 1 aromatic carbocycles. The lowest BCUT2D eigenvalue weighted by molar-refractivity contribution is -0.137. The minimum atomic E-state index is -4.38. The first kappa shape index (κ1) is 16.2. The SMILES string of the molecule is CC(NC(=S)Nc1cccc(C(F)(F)F)c1)c1ccncc1. The molecule has 22 heavy (non-hydrogen) atoms. The van der Waals surface area contributed by atoms with Crippen LogP contribution in [0.1, 0.15) is 24.1 Å². The van der Waals surface area contributed by atoms with Crippen molar-refractivity contribution in [1.29, 1.82) is 0 Å². The van der Waals surface area contributed by atoms with Crippen molar-refractivity contribution in [3.8, 4) is 0 Å². The van der Waals surface area contributed by atoms with Gasteiger partial charge in [0.1, 0.15) is 0 Å². The molecule has 0 fully saturated rings. The Bertz CT molecular complexity index is 644. The lowest BCUT2D eigenvalue weighted by atomic mass is 10.1. The fourth-order valence-corrected chi connectivity index (χ4v) is 2.17. The first-order chi connectivity index (χ1) is 10.4. The molecule has 2 N–H and O–H groups in total. The van der Waals surface area contributed by atoms with Crippen LogP contribution in [0.15, 0.2) is 48.8 Å². The summed E-state index contributed by atoms with van der Waals surface area (Å²) in [5, 5.41) is 6.03. The van der Waals surface area contributed by atoms with Crippen molar-refractivity contribution in [3.05, 3.63) is 59.9 Å². The van der Waals surface area contributed by atoms with Crippen LogP contribution in [0.25, 0.3) is 0 Å². The summed E-state index contributed by atoms with van der Waals surface area (Å²) >= 11 is 5.13. The van der Waals surface area contributed by atoms with Crippen LogP contribution in [-0.2, 0) is 6.18 Å². The van der Waals surface area contributed by atoms with E-state index in [1.165, 1.54) is 12.1 Å². The maximum absolute atomic E-state index is 12.7. The van der Waals surface area contributed by atoms with Gasteiger partial charge in [0, 0.05) is 18.1 Å². The molecule has 1 unspecified atom stereocenters. The summed E-state index contributed by atoms with van der Waals surface area (Å²) in [5.74, 6) is 0. The fourth-order valence-electron chi connectivity index (χ4n) is 1.87. The zero-order valence-corrected chi connectivity index (χ0v) is 12.5. The van der Waals surface area contributed by atoms with Crippen molar-refractivity contribution in [2.24, 2.45) is 0 Å². The average molecular weight is 325 g/mol. The predicted molar refractivity (Wildman–Crippen MR) is 83.5 cm³/mol. The van der Waals surface area contributed by atoms with Gasteiger partial charge in [0.2, 0.25) is 0 Å². The van der Waals surface area contributed by atoms with Gasteiger partial charge in [-0.15, -0.1) is 0 Å². The molecule has 1 heterocycles. The molecular weight excluding hydrogens is 311 g/mol. The van der Waals surface area contributed by atoms with Gasteiger partial charge in [-0.3, -0.25) is 4.98 Å². The van der Waals surface area contributed by atoms with Crippen LogP contribution < -0.4 is 10.6 Å². The van der Waals surface area contributed by atoms with E-state index in [0.29, 0.717) is 0 Å². The molecule has 0 aliphatic rings. The normalized spacial score (nSPS) is 12.5. The third-order valence-electron chi connectivity index (χ3n) is 3.00. The van der Waals surface area contributed by atoms with E-state index in [-0.39, 0.29) is 16.8 Å². The van der Waals surface area contributed by atoms with Crippen LogP contribution in [0, 0.1) is 0 Å². The van der Waals surface area contributed by atoms with Gasteiger partial charge in [0.15, 0.2) is 5.11 Å². The first-order valence-corrected chi connectivity index (χ1v) is 6.92. The van der Waals surface area contributed by atoms with Gasteiger partial charge in [0.05, 0.1) is 11.6 Å². The summed E-state index contributed by atoms with van der Waals surface area (Å²) in [5.41, 5.74) is 0.542. The smallest absolute Gasteiger partial charge is 0.356 e. The number of halogens is 3. The van der Waals surface area contributed by atoms with E-state index in [2.05, 4.69) is 15.6 Å². The number of nitrogens with one attached hydrogen (secondary N) is 2. The highest BCUT2D eigenvalue weighted by Crippen LogP contribution is 2.30. The average Bonchev–Trinajstić information content (AvgIpc) is 2.47. The topological polar surface area (TPSA) is 37.0 Å². The molecule has 1 aromatic heterocycles. The van der Waals surface area contributed by atoms with E-state index < -0.39 is 11.7 Å². The molecule has 2 aromatic rings. The van der Waals surface area contributed by atoms with Crippen molar-refractivity contribution in [1.82, 2.24) is 10.3 Å². The summed E-state index contributed by atoms with van der Waals surface area (Å²) in [6.07, 6.45) is -1.05. The highest BCUT2D eigenvalue weighted by Gasteiger charge is 2.30. The monoisotopic (exact) mass is 325 g/mol. The number of thiocarbonyl (C=S) groups is 1. The van der Waals surface area contributed by atoms with Crippen LogP contribution in [-0.4, -0.2) is 10.1 Å². The Morgan fingerprint density at radius 3 is 2.50 bits per heavy atom. The van der Waals surface area contributed by atoms with E-state index in [1.54, 1.807) is 12.4 Å². The molecule has 0 spiro atoms. The number of nitrogens with zero attached hydrogens (tertiary/aromatic N) is 1. The summed E-state index contributed by atoms with van der Waals surface area (Å²) < 4.78 is 38.0. The number of rotatable bonds is 3. The summed E-state index contributed by atoms with van der Waals surface area (Å²) in [6, 6.07) is 8.48. The molecule has 7 heteroatoms. The third-order valence-corrected chi connectivity index (χ3v) is 3.22. The number of hydrogen-bond acceptors (Lipinski definition) is 2. The molecule has 2 rings (SSSR count). The van der Waals surface area contributed by atoms with Crippen molar-refractivity contribution in [3.63, 3.8) is 0 Å². The summed E-state index contributed by atoms with van der Waals surface area (Å²) in [7, 11) is 0. The van der Waals surface area contributed by atoms with E-state index in [1.807, 2.05) is 19.1 Å².